The van der Waals surface area contributed by atoms with Gasteiger partial charge in [0.25, 0.3) is 0 Å². The summed E-state index contributed by atoms with van der Waals surface area (Å²) in [5.41, 5.74) is 4.20. The van der Waals surface area contributed by atoms with E-state index in [0.717, 1.165) is 12.1 Å². The van der Waals surface area contributed by atoms with Crippen LogP contribution in [-0.2, 0) is 6.18 Å². The summed E-state index contributed by atoms with van der Waals surface area (Å²) in [7, 11) is 0. The summed E-state index contributed by atoms with van der Waals surface area (Å²) in [5, 5.41) is 0. The normalized spacial score (nSPS) is 13.2. The first-order chi connectivity index (χ1) is 7.36. The number of halogens is 4. The summed E-state index contributed by atoms with van der Waals surface area (Å²) in [6, 6.07) is 1.16. The maximum absolute atomic E-state index is 12.9. The van der Waals surface area contributed by atoms with Gasteiger partial charge in [-0.05, 0) is 23.8 Å². The van der Waals surface area contributed by atoms with Crippen LogP contribution in [-0.4, -0.2) is 0 Å². The van der Waals surface area contributed by atoms with Crippen molar-refractivity contribution in [3.8, 4) is 12.3 Å². The molecule has 0 saturated heterocycles. The topological polar surface area (TPSA) is 26.0 Å². The van der Waals surface area contributed by atoms with E-state index in [1.165, 1.54) is 0 Å². The number of terminal acetylenes is 1. The summed E-state index contributed by atoms with van der Waals surface area (Å²) >= 11 is 0. The molecule has 0 aliphatic heterocycles. The Hall–Kier alpha value is -1.54. The van der Waals surface area contributed by atoms with Crippen LogP contribution >= 0.6 is 0 Å². The van der Waals surface area contributed by atoms with E-state index in [0.29, 0.717) is 6.07 Å². The number of rotatable bonds is 2. The predicted molar refractivity (Wildman–Crippen MR) is 51.8 cm³/mol. The predicted octanol–water partition coefficient (Wildman–Crippen LogP) is 2.87. The first-order valence-electron chi connectivity index (χ1n) is 4.42. The summed E-state index contributed by atoms with van der Waals surface area (Å²) in [4.78, 5) is 0. The third kappa shape index (κ3) is 2.74. The highest BCUT2D eigenvalue weighted by Crippen LogP contribution is 2.35. The van der Waals surface area contributed by atoms with Crippen LogP contribution in [0.3, 0.4) is 0 Å². The number of hydrogen-bond acceptors (Lipinski definition) is 1. The fraction of sp³-hybridized carbons (Fsp3) is 0.273. The molecule has 1 nitrogen and oxygen atoms in total. The van der Waals surface area contributed by atoms with Crippen LogP contribution in [0, 0.1) is 18.2 Å². The molecular weight excluding hydrogens is 222 g/mol. The molecule has 0 heterocycles. The molecule has 0 aliphatic rings. The third-order valence-corrected chi connectivity index (χ3v) is 2.06. The van der Waals surface area contributed by atoms with E-state index < -0.39 is 23.6 Å². The van der Waals surface area contributed by atoms with Crippen LogP contribution in [0.2, 0.25) is 0 Å². The number of benzene rings is 1. The van der Waals surface area contributed by atoms with Gasteiger partial charge in [0.15, 0.2) is 0 Å². The van der Waals surface area contributed by atoms with Crippen LogP contribution in [0.25, 0.3) is 0 Å². The van der Waals surface area contributed by atoms with Crippen molar-refractivity contribution in [2.45, 2.75) is 18.6 Å². The van der Waals surface area contributed by atoms with Crippen LogP contribution < -0.4 is 5.73 Å². The largest absolute Gasteiger partial charge is 0.416 e. The Morgan fingerprint density at radius 2 is 2.00 bits per heavy atom. The van der Waals surface area contributed by atoms with Crippen LogP contribution in [0.1, 0.15) is 23.6 Å². The molecule has 1 unspecified atom stereocenters. The first kappa shape index (κ1) is 12.5. The number of alkyl halides is 3. The van der Waals surface area contributed by atoms with Crippen molar-refractivity contribution in [1.82, 2.24) is 0 Å². The zero-order valence-corrected chi connectivity index (χ0v) is 8.18. The van der Waals surface area contributed by atoms with E-state index in [1.807, 2.05) is 0 Å². The molecule has 0 fully saturated rings. The number of nitrogens with two attached hydrogens (primary N) is 1. The van der Waals surface area contributed by atoms with E-state index in [1.54, 1.807) is 0 Å². The minimum absolute atomic E-state index is 0.0769. The molecule has 1 rings (SSSR count). The van der Waals surface area contributed by atoms with Crippen molar-refractivity contribution in [2.75, 3.05) is 0 Å². The van der Waals surface area contributed by atoms with E-state index in [9.17, 15) is 17.6 Å². The van der Waals surface area contributed by atoms with E-state index >= 15 is 0 Å². The van der Waals surface area contributed by atoms with Gasteiger partial charge in [-0.2, -0.15) is 13.2 Å². The smallest absolute Gasteiger partial charge is 0.323 e. The lowest BCUT2D eigenvalue weighted by Crippen LogP contribution is -2.17. The van der Waals surface area contributed by atoms with Crippen molar-refractivity contribution in [2.24, 2.45) is 5.73 Å². The highest BCUT2D eigenvalue weighted by Gasteiger charge is 2.34. The molecule has 1 aromatic carbocycles. The lowest BCUT2D eigenvalue weighted by Gasteiger charge is -2.16. The van der Waals surface area contributed by atoms with Crippen molar-refractivity contribution < 1.29 is 17.6 Å². The zero-order valence-electron chi connectivity index (χ0n) is 8.18. The second-order valence-electron chi connectivity index (χ2n) is 3.24. The molecule has 2 N–H and O–H groups in total. The fourth-order valence-corrected chi connectivity index (χ4v) is 1.34. The highest BCUT2D eigenvalue weighted by atomic mass is 19.4. The quantitative estimate of drug-likeness (QED) is 0.614. The monoisotopic (exact) mass is 231 g/mol. The van der Waals surface area contributed by atoms with Crippen LogP contribution in [0.4, 0.5) is 17.6 Å². The van der Waals surface area contributed by atoms with Gasteiger partial charge in [-0.25, -0.2) is 4.39 Å². The Morgan fingerprint density at radius 1 is 1.38 bits per heavy atom. The molecule has 0 bridgehead atoms. The maximum atomic E-state index is 12.9. The second kappa shape index (κ2) is 4.54. The molecule has 1 aromatic rings. The van der Waals surface area contributed by atoms with E-state index in [-0.39, 0.29) is 12.0 Å². The zero-order chi connectivity index (χ0) is 12.3. The molecule has 0 aromatic heterocycles. The van der Waals surface area contributed by atoms with Crippen molar-refractivity contribution in [3.63, 3.8) is 0 Å². The SMILES string of the molecule is C#CCC(N)c1cc(F)ccc1C(F)(F)F. The van der Waals surface area contributed by atoms with Crippen molar-refractivity contribution in [1.29, 1.82) is 0 Å². The minimum Gasteiger partial charge on any atom is -0.323 e. The van der Waals surface area contributed by atoms with Gasteiger partial charge in [-0.1, -0.05) is 0 Å². The molecule has 1 atom stereocenters. The van der Waals surface area contributed by atoms with Gasteiger partial charge in [0.2, 0.25) is 0 Å². The van der Waals surface area contributed by atoms with Gasteiger partial charge in [0, 0.05) is 12.5 Å². The fourth-order valence-electron chi connectivity index (χ4n) is 1.34. The second-order valence-corrected chi connectivity index (χ2v) is 3.24. The molecule has 0 radical (unpaired) electrons. The summed E-state index contributed by atoms with van der Waals surface area (Å²) < 4.78 is 50.5. The van der Waals surface area contributed by atoms with Gasteiger partial charge in [0.05, 0.1) is 5.56 Å². The molecule has 0 amide bonds. The van der Waals surface area contributed by atoms with Crippen LogP contribution in [0.5, 0.6) is 0 Å². The molecular formula is C11H9F4N. The molecule has 5 heteroatoms. The van der Waals surface area contributed by atoms with Gasteiger partial charge < -0.3 is 5.73 Å². The highest BCUT2D eigenvalue weighted by molar-refractivity contribution is 5.33. The van der Waals surface area contributed by atoms with E-state index in [4.69, 9.17) is 12.2 Å². The van der Waals surface area contributed by atoms with Gasteiger partial charge in [-0.3, -0.25) is 0 Å². The Labute approximate surface area is 90.3 Å². The Kier molecular flexibility index (Phi) is 3.55. The molecule has 0 saturated carbocycles. The average Bonchev–Trinajstić information content (AvgIpc) is 2.16. The molecule has 0 spiro atoms. The molecule has 16 heavy (non-hydrogen) atoms. The maximum Gasteiger partial charge on any atom is 0.416 e. The van der Waals surface area contributed by atoms with Gasteiger partial charge >= 0.3 is 6.18 Å². The Bertz CT molecular complexity index is 417. The molecule has 0 aliphatic carbocycles. The lowest BCUT2D eigenvalue weighted by molar-refractivity contribution is -0.138. The average molecular weight is 231 g/mol. The standard InChI is InChI=1S/C11H9F4N/c1-2-3-10(16)8-6-7(12)4-5-9(8)11(13,14)15/h1,4-6,10H,3,16H2. The van der Waals surface area contributed by atoms with Crippen LogP contribution in [0.15, 0.2) is 18.2 Å². The van der Waals surface area contributed by atoms with Crippen molar-refractivity contribution in [3.05, 3.63) is 35.1 Å². The molecule has 86 valence electrons. The summed E-state index contributed by atoms with van der Waals surface area (Å²) in [5.74, 6) is 1.38. The summed E-state index contributed by atoms with van der Waals surface area (Å²) in [6.45, 7) is 0. The van der Waals surface area contributed by atoms with Crippen molar-refractivity contribution >= 4 is 0 Å². The first-order valence-corrected chi connectivity index (χ1v) is 4.42. The minimum atomic E-state index is -4.56. The van der Waals surface area contributed by atoms with Gasteiger partial charge in [0.1, 0.15) is 5.82 Å². The lowest BCUT2D eigenvalue weighted by atomic mass is 9.98. The summed E-state index contributed by atoms with van der Waals surface area (Å²) in [6.07, 6.45) is 0.322. The Balaban J connectivity index is 3.24. The Morgan fingerprint density at radius 3 is 2.50 bits per heavy atom. The number of hydrogen-bond donors (Lipinski definition) is 1. The van der Waals surface area contributed by atoms with E-state index in [2.05, 4.69) is 5.92 Å². The van der Waals surface area contributed by atoms with Gasteiger partial charge in [-0.15, -0.1) is 12.3 Å². The third-order valence-electron chi connectivity index (χ3n) is 2.06.